The number of pyridine rings is 1. The molecular weight excluding hydrogens is 496 g/mol. The third-order valence-electron chi connectivity index (χ3n) is 3.30. The Morgan fingerprint density at radius 1 is 1.08 bits per heavy atom. The Labute approximate surface area is 163 Å². The first kappa shape index (κ1) is 21.0. The molecule has 2 heterocycles. The van der Waals surface area contributed by atoms with E-state index in [9.17, 15) is 4.79 Å². The van der Waals surface area contributed by atoms with Gasteiger partial charge in [0.1, 0.15) is 5.82 Å². The Bertz CT molecular complexity index is 634. The summed E-state index contributed by atoms with van der Waals surface area (Å²) in [4.78, 5) is 18.8. The molecule has 0 aliphatic carbocycles. The van der Waals surface area contributed by atoms with Crippen LogP contribution in [0.15, 0.2) is 66.6 Å². The molecular formula is C18H21BN3O2Pt. The summed E-state index contributed by atoms with van der Waals surface area (Å²) in [5, 5.41) is 8.36. The summed E-state index contributed by atoms with van der Waals surface area (Å²) >= 11 is 0. The Morgan fingerprint density at radius 3 is 2.24 bits per heavy atom. The number of allylic oxidation sites excluding steroid dienone is 2. The van der Waals surface area contributed by atoms with Crippen LogP contribution < -0.4 is 9.62 Å². The van der Waals surface area contributed by atoms with Crippen LogP contribution in [0.25, 0.3) is 0 Å². The smallest absolute Gasteiger partial charge is 0.392 e. The van der Waals surface area contributed by atoms with Gasteiger partial charge in [-0.05, 0) is 38.1 Å². The fraction of sp³-hybridized carbons (Fsp3) is 0.222. The SMILES string of the molecule is CC(=O)/C=C(/C)O.[B]1N(c2ccccc2)CCN1c1ccccn1.[Pt]. The number of aromatic nitrogens is 1. The van der Waals surface area contributed by atoms with Gasteiger partial charge in [-0.25, -0.2) is 4.98 Å². The summed E-state index contributed by atoms with van der Waals surface area (Å²) < 4.78 is 0. The second kappa shape index (κ2) is 10.7. The molecule has 1 aromatic heterocycles. The van der Waals surface area contributed by atoms with E-state index in [2.05, 4.69) is 46.4 Å². The fourth-order valence-electron chi connectivity index (χ4n) is 2.31. The first-order chi connectivity index (χ1) is 11.6. The van der Waals surface area contributed by atoms with Gasteiger partial charge in [-0.15, -0.1) is 0 Å². The Morgan fingerprint density at radius 2 is 1.72 bits per heavy atom. The van der Waals surface area contributed by atoms with E-state index in [-0.39, 0.29) is 32.6 Å². The molecule has 1 aromatic carbocycles. The van der Waals surface area contributed by atoms with E-state index in [1.54, 1.807) is 0 Å². The van der Waals surface area contributed by atoms with E-state index in [1.165, 1.54) is 25.6 Å². The van der Waals surface area contributed by atoms with Crippen molar-refractivity contribution in [2.45, 2.75) is 13.8 Å². The van der Waals surface area contributed by atoms with Crippen molar-refractivity contribution in [1.82, 2.24) is 4.98 Å². The van der Waals surface area contributed by atoms with Crippen LogP contribution in [0.4, 0.5) is 11.5 Å². The predicted octanol–water partition coefficient (Wildman–Crippen LogP) is 2.98. The van der Waals surface area contributed by atoms with Crippen LogP contribution in [0, 0.1) is 0 Å². The zero-order chi connectivity index (χ0) is 17.4. The number of hydrogen-bond donors (Lipinski definition) is 1. The van der Waals surface area contributed by atoms with E-state index in [0.29, 0.717) is 0 Å². The number of rotatable bonds is 3. The molecule has 1 radical (unpaired) electrons. The average Bonchev–Trinajstić information content (AvgIpc) is 3.06. The second-order valence-corrected chi connectivity index (χ2v) is 5.42. The topological polar surface area (TPSA) is 56.7 Å². The minimum absolute atomic E-state index is 0. The minimum atomic E-state index is -0.125. The zero-order valence-electron chi connectivity index (χ0n) is 14.3. The van der Waals surface area contributed by atoms with E-state index < -0.39 is 0 Å². The molecule has 0 spiro atoms. The van der Waals surface area contributed by atoms with Gasteiger partial charge in [0.05, 0.1) is 5.76 Å². The monoisotopic (exact) mass is 517 g/mol. The van der Waals surface area contributed by atoms with Crippen molar-refractivity contribution in [2.75, 3.05) is 22.7 Å². The number of carbonyl (C=O) groups excluding carboxylic acids is 1. The van der Waals surface area contributed by atoms with Gasteiger partial charge in [-0.3, -0.25) is 4.79 Å². The maximum atomic E-state index is 10.0. The molecule has 0 bridgehead atoms. The van der Waals surface area contributed by atoms with Crippen molar-refractivity contribution < 1.29 is 31.0 Å². The second-order valence-electron chi connectivity index (χ2n) is 5.42. The van der Waals surface area contributed by atoms with E-state index in [1.807, 2.05) is 30.5 Å². The summed E-state index contributed by atoms with van der Waals surface area (Å²) in [5.74, 6) is 0.943. The van der Waals surface area contributed by atoms with Crippen molar-refractivity contribution in [1.29, 1.82) is 0 Å². The Hall–Kier alpha value is -2.07. The van der Waals surface area contributed by atoms with Gasteiger partial charge in [0.2, 0.25) is 0 Å². The zero-order valence-corrected chi connectivity index (χ0v) is 16.6. The largest absolute Gasteiger partial charge is 0.512 e. The van der Waals surface area contributed by atoms with Crippen LogP contribution in [-0.2, 0) is 25.9 Å². The van der Waals surface area contributed by atoms with Crippen LogP contribution in [-0.4, -0.2) is 36.5 Å². The molecule has 1 fully saturated rings. The van der Waals surface area contributed by atoms with E-state index >= 15 is 0 Å². The number of anilines is 2. The van der Waals surface area contributed by atoms with Crippen molar-refractivity contribution in [3.8, 4) is 0 Å². The predicted molar refractivity (Wildman–Crippen MR) is 98.2 cm³/mol. The number of aliphatic hydroxyl groups excluding tert-OH is 1. The first-order valence-electron chi connectivity index (χ1n) is 7.78. The van der Waals surface area contributed by atoms with Gasteiger partial charge in [0, 0.05) is 52.1 Å². The van der Waals surface area contributed by atoms with Crippen molar-refractivity contribution >= 4 is 24.8 Å². The molecule has 2 aromatic rings. The standard InChI is InChI=1S/C13H13BN3.C5H8O2.Pt/c1-2-6-12(7-3-1)16-10-11-17(14-16)13-8-4-5-9-15-13;1-4(6)3-5(2)7;/h1-9H,10-11H2;3,6H,1-2H3;/b;4-3-;. The molecule has 3 rings (SSSR count). The van der Waals surface area contributed by atoms with Crippen LogP contribution in [0.2, 0.25) is 0 Å². The number of nitrogens with zero attached hydrogens (tertiary/aromatic N) is 3. The van der Waals surface area contributed by atoms with Crippen LogP contribution in [0.1, 0.15) is 13.8 Å². The number of para-hydroxylation sites is 1. The van der Waals surface area contributed by atoms with Gasteiger partial charge < -0.3 is 14.7 Å². The third-order valence-corrected chi connectivity index (χ3v) is 3.30. The molecule has 5 nitrogen and oxygen atoms in total. The summed E-state index contributed by atoms with van der Waals surface area (Å²) in [6.07, 6.45) is 2.99. The molecule has 1 aliphatic rings. The van der Waals surface area contributed by atoms with Crippen LogP contribution in [0.5, 0.6) is 0 Å². The fourth-order valence-corrected chi connectivity index (χ4v) is 2.31. The van der Waals surface area contributed by atoms with Crippen molar-refractivity contribution in [2.24, 2.45) is 0 Å². The average molecular weight is 517 g/mol. The van der Waals surface area contributed by atoms with E-state index in [0.717, 1.165) is 18.9 Å². The molecule has 1 N–H and O–H groups in total. The number of carbonyl (C=O) groups is 1. The maximum absolute atomic E-state index is 10.0. The molecule has 25 heavy (non-hydrogen) atoms. The molecule has 0 atom stereocenters. The van der Waals surface area contributed by atoms with Crippen molar-refractivity contribution in [3.63, 3.8) is 0 Å². The van der Waals surface area contributed by atoms with E-state index in [4.69, 9.17) is 5.11 Å². The number of benzene rings is 1. The quantitative estimate of drug-likeness (QED) is 0.386. The molecule has 7 heteroatoms. The number of ketones is 1. The molecule has 133 valence electrons. The Kier molecular flexibility index (Phi) is 9.00. The molecule has 1 aliphatic heterocycles. The maximum Gasteiger partial charge on any atom is 0.392 e. The van der Waals surface area contributed by atoms with Crippen LogP contribution >= 0.6 is 0 Å². The summed E-state index contributed by atoms with van der Waals surface area (Å²) in [6.45, 7) is 4.83. The van der Waals surface area contributed by atoms with Gasteiger partial charge in [0.25, 0.3) is 0 Å². The van der Waals surface area contributed by atoms with Gasteiger partial charge >= 0.3 is 7.55 Å². The Balaban J connectivity index is 0.000000339. The third kappa shape index (κ3) is 7.14. The molecule has 0 amide bonds. The van der Waals surface area contributed by atoms with Gasteiger partial charge in [-0.1, -0.05) is 24.3 Å². The minimum Gasteiger partial charge on any atom is -0.512 e. The number of aliphatic hydroxyl groups is 1. The summed E-state index contributed by atoms with van der Waals surface area (Å²) in [6, 6.07) is 16.4. The number of hydrogen-bond acceptors (Lipinski definition) is 5. The molecule has 1 saturated heterocycles. The van der Waals surface area contributed by atoms with Gasteiger partial charge in [-0.2, -0.15) is 0 Å². The van der Waals surface area contributed by atoms with Gasteiger partial charge in [0.15, 0.2) is 5.78 Å². The summed E-state index contributed by atoms with van der Waals surface area (Å²) in [7, 11) is 2.12. The first-order valence-corrected chi connectivity index (χ1v) is 7.78. The molecule has 0 unspecified atom stereocenters. The van der Waals surface area contributed by atoms with Crippen molar-refractivity contribution in [3.05, 3.63) is 66.6 Å². The summed E-state index contributed by atoms with van der Waals surface area (Å²) in [5.41, 5.74) is 1.23. The van der Waals surface area contributed by atoms with Crippen LogP contribution in [0.3, 0.4) is 0 Å². The normalized spacial score (nSPS) is 13.3. The molecule has 0 saturated carbocycles.